The van der Waals surface area contributed by atoms with E-state index in [1.165, 1.54) is 7.11 Å². The number of ether oxygens (including phenoxy) is 1. The number of aliphatic carboxylic acids is 1. The van der Waals surface area contributed by atoms with Crippen LogP contribution in [0.4, 0.5) is 0 Å². The minimum atomic E-state index is -1.23. The molecule has 0 aliphatic heterocycles. The Morgan fingerprint density at radius 3 is 2.52 bits per heavy atom. The number of allylic oxidation sites excluding steroid dienone is 3. The van der Waals surface area contributed by atoms with E-state index in [0.717, 1.165) is 5.57 Å². The van der Waals surface area contributed by atoms with Gasteiger partial charge < -0.3 is 20.1 Å². The minimum Gasteiger partial charge on any atom is -0.508 e. The van der Waals surface area contributed by atoms with Crippen molar-refractivity contribution >= 4 is 11.8 Å². The van der Waals surface area contributed by atoms with Crippen molar-refractivity contribution in [2.45, 2.75) is 39.2 Å². The van der Waals surface area contributed by atoms with Gasteiger partial charge in [0.2, 0.25) is 11.5 Å². The maximum absolute atomic E-state index is 11.9. The molecule has 0 fully saturated rings. The Morgan fingerprint density at radius 2 is 2.00 bits per heavy atom. The summed E-state index contributed by atoms with van der Waals surface area (Å²) in [5, 5.41) is 28.6. The zero-order chi connectivity index (χ0) is 16.2. The summed E-state index contributed by atoms with van der Waals surface area (Å²) in [6.45, 7) is 3.52. The minimum absolute atomic E-state index is 0.0447. The van der Waals surface area contributed by atoms with Crippen LogP contribution in [0.15, 0.2) is 23.2 Å². The van der Waals surface area contributed by atoms with Crippen LogP contribution in [0.1, 0.15) is 33.1 Å². The van der Waals surface area contributed by atoms with Crippen molar-refractivity contribution in [1.29, 1.82) is 0 Å². The number of hydrogen-bond donors (Lipinski definition) is 3. The molecule has 0 radical (unpaired) electrons. The lowest BCUT2D eigenvalue weighted by molar-refractivity contribution is -0.137. The molecule has 3 atom stereocenters. The third-order valence-electron chi connectivity index (χ3n) is 3.88. The summed E-state index contributed by atoms with van der Waals surface area (Å²) in [5.41, 5.74) is 0.880. The summed E-state index contributed by atoms with van der Waals surface area (Å²) >= 11 is 0. The highest BCUT2D eigenvalue weighted by Gasteiger charge is 2.41. The Kier molecular flexibility index (Phi) is 5.96. The van der Waals surface area contributed by atoms with Gasteiger partial charge in [-0.25, -0.2) is 0 Å². The van der Waals surface area contributed by atoms with Crippen LogP contribution in [-0.2, 0) is 14.3 Å². The van der Waals surface area contributed by atoms with Crippen molar-refractivity contribution < 1.29 is 29.6 Å². The van der Waals surface area contributed by atoms with Gasteiger partial charge in [-0.2, -0.15) is 0 Å². The molecule has 0 saturated carbocycles. The number of carbonyl (C=O) groups excluding carboxylic acids is 1. The monoisotopic (exact) mass is 298 g/mol. The fourth-order valence-electron chi connectivity index (χ4n) is 2.42. The molecule has 0 spiro atoms. The number of ketones is 1. The molecular formula is C15H22O6. The quantitative estimate of drug-likeness (QED) is 0.646. The third-order valence-corrected chi connectivity index (χ3v) is 3.88. The summed E-state index contributed by atoms with van der Waals surface area (Å²) in [6.07, 6.45) is 1.44. The summed E-state index contributed by atoms with van der Waals surface area (Å²) < 4.78 is 4.83. The van der Waals surface area contributed by atoms with E-state index >= 15 is 0 Å². The molecule has 6 heteroatoms. The summed E-state index contributed by atoms with van der Waals surface area (Å²) in [6, 6.07) is 0. The van der Waals surface area contributed by atoms with Gasteiger partial charge in [-0.1, -0.05) is 18.6 Å². The third kappa shape index (κ3) is 4.07. The van der Waals surface area contributed by atoms with Crippen molar-refractivity contribution in [3.63, 3.8) is 0 Å². The van der Waals surface area contributed by atoms with Crippen LogP contribution in [0, 0.1) is 11.8 Å². The lowest BCUT2D eigenvalue weighted by Gasteiger charge is -2.32. The molecule has 0 bridgehead atoms. The molecule has 0 amide bonds. The SMILES string of the molecule is COC1=C(O)[C@H](C)[C@@H](C/C=C(\C)CCC(=O)O)[C@@H](O)C1=O. The number of rotatable bonds is 6. The Hall–Kier alpha value is -1.82. The first kappa shape index (κ1) is 17.2. The first-order valence-corrected chi connectivity index (χ1v) is 6.86. The van der Waals surface area contributed by atoms with Crippen LogP contribution in [0.3, 0.4) is 0 Å². The number of carbonyl (C=O) groups is 2. The molecule has 6 nitrogen and oxygen atoms in total. The standard InChI is InChI=1S/C15H22O6/c1-8(5-7-11(16)17)4-6-10-9(2)12(18)15(21-3)14(20)13(10)19/h4,9-10,13,18-19H,5-7H2,1-3H3,(H,16,17)/b8-4+/t9-,10-,13-/m1/s1. The molecule has 0 saturated heterocycles. The van der Waals surface area contributed by atoms with Crippen molar-refractivity contribution in [3.8, 4) is 0 Å². The van der Waals surface area contributed by atoms with Gasteiger partial charge in [0.05, 0.1) is 7.11 Å². The van der Waals surface area contributed by atoms with Crippen LogP contribution in [0.25, 0.3) is 0 Å². The fraction of sp³-hybridized carbons (Fsp3) is 0.600. The number of aliphatic hydroxyl groups excluding tert-OH is 2. The maximum atomic E-state index is 11.9. The van der Waals surface area contributed by atoms with Gasteiger partial charge in [-0.3, -0.25) is 9.59 Å². The van der Waals surface area contributed by atoms with Crippen LogP contribution in [0.2, 0.25) is 0 Å². The Labute approximate surface area is 123 Å². The van der Waals surface area contributed by atoms with Gasteiger partial charge in [0, 0.05) is 18.3 Å². The Bertz CT molecular complexity index is 477. The molecule has 0 aromatic heterocycles. The maximum Gasteiger partial charge on any atom is 0.303 e. The normalized spacial score (nSPS) is 27.0. The molecule has 0 heterocycles. The number of hydrogen-bond acceptors (Lipinski definition) is 5. The number of Topliss-reactive ketones (excluding diaryl/α,β-unsaturated/α-hetero) is 1. The average Bonchev–Trinajstić information content (AvgIpc) is 2.43. The summed E-state index contributed by atoms with van der Waals surface area (Å²) in [5.74, 6) is -2.66. The molecule has 1 rings (SSSR count). The van der Waals surface area contributed by atoms with E-state index in [-0.39, 0.29) is 17.9 Å². The molecule has 21 heavy (non-hydrogen) atoms. The number of carboxylic acids is 1. The zero-order valence-electron chi connectivity index (χ0n) is 12.5. The predicted molar refractivity (Wildman–Crippen MR) is 75.6 cm³/mol. The highest BCUT2D eigenvalue weighted by Crippen LogP contribution is 2.34. The number of aliphatic hydroxyl groups is 2. The lowest BCUT2D eigenvalue weighted by Crippen LogP contribution is -2.40. The predicted octanol–water partition coefficient (Wildman–Crippen LogP) is 1.80. The Balaban J connectivity index is 2.80. The summed E-state index contributed by atoms with van der Waals surface area (Å²) in [4.78, 5) is 22.4. The molecule has 118 valence electrons. The second kappa shape index (κ2) is 7.26. The van der Waals surface area contributed by atoms with Gasteiger partial charge in [0.25, 0.3) is 0 Å². The summed E-state index contributed by atoms with van der Waals surface area (Å²) in [7, 11) is 1.28. The van der Waals surface area contributed by atoms with Gasteiger partial charge in [0.1, 0.15) is 11.9 Å². The smallest absolute Gasteiger partial charge is 0.303 e. The van der Waals surface area contributed by atoms with Gasteiger partial charge in [-0.15, -0.1) is 0 Å². The molecule has 1 aliphatic rings. The van der Waals surface area contributed by atoms with Crippen LogP contribution >= 0.6 is 0 Å². The highest BCUT2D eigenvalue weighted by molar-refractivity contribution is 5.98. The second-order valence-electron chi connectivity index (χ2n) is 5.36. The van der Waals surface area contributed by atoms with Crippen LogP contribution in [0.5, 0.6) is 0 Å². The van der Waals surface area contributed by atoms with Gasteiger partial charge in [0.15, 0.2) is 0 Å². The van der Waals surface area contributed by atoms with Crippen molar-refractivity contribution in [1.82, 2.24) is 0 Å². The van der Waals surface area contributed by atoms with E-state index in [1.54, 1.807) is 13.8 Å². The molecule has 0 unspecified atom stereocenters. The largest absolute Gasteiger partial charge is 0.508 e. The second-order valence-corrected chi connectivity index (χ2v) is 5.36. The fourth-order valence-corrected chi connectivity index (χ4v) is 2.42. The van der Waals surface area contributed by atoms with Crippen molar-refractivity contribution in [2.75, 3.05) is 7.11 Å². The van der Waals surface area contributed by atoms with Gasteiger partial charge >= 0.3 is 5.97 Å². The van der Waals surface area contributed by atoms with Crippen LogP contribution < -0.4 is 0 Å². The number of methoxy groups -OCH3 is 1. The van der Waals surface area contributed by atoms with E-state index in [0.29, 0.717) is 12.8 Å². The topological polar surface area (TPSA) is 104 Å². The lowest BCUT2D eigenvalue weighted by atomic mass is 9.77. The number of carboxylic acid groups (broad SMARTS) is 1. The van der Waals surface area contributed by atoms with Crippen molar-refractivity contribution in [2.24, 2.45) is 11.8 Å². The van der Waals surface area contributed by atoms with E-state index in [1.807, 2.05) is 6.08 Å². The highest BCUT2D eigenvalue weighted by atomic mass is 16.5. The molecular weight excluding hydrogens is 276 g/mol. The first-order chi connectivity index (χ1) is 9.79. The zero-order valence-corrected chi connectivity index (χ0v) is 12.5. The van der Waals surface area contributed by atoms with E-state index < -0.39 is 29.7 Å². The van der Waals surface area contributed by atoms with Crippen molar-refractivity contribution in [3.05, 3.63) is 23.2 Å². The van der Waals surface area contributed by atoms with Gasteiger partial charge in [-0.05, 0) is 19.8 Å². The van der Waals surface area contributed by atoms with E-state index in [4.69, 9.17) is 9.84 Å². The average molecular weight is 298 g/mol. The van der Waals surface area contributed by atoms with E-state index in [2.05, 4.69) is 0 Å². The molecule has 3 N–H and O–H groups in total. The molecule has 0 aromatic carbocycles. The first-order valence-electron chi connectivity index (χ1n) is 6.86. The van der Waals surface area contributed by atoms with E-state index in [9.17, 15) is 19.8 Å². The molecule has 1 aliphatic carbocycles. The Morgan fingerprint density at radius 1 is 1.38 bits per heavy atom. The van der Waals surface area contributed by atoms with Crippen LogP contribution in [-0.4, -0.2) is 40.3 Å². The molecule has 0 aromatic rings.